The van der Waals surface area contributed by atoms with Gasteiger partial charge in [-0.05, 0) is 54.8 Å². The van der Waals surface area contributed by atoms with Gasteiger partial charge in [0.25, 0.3) is 0 Å². The first-order chi connectivity index (χ1) is 9.24. The molecule has 0 saturated heterocycles. The van der Waals surface area contributed by atoms with E-state index in [4.69, 9.17) is 5.11 Å². The van der Waals surface area contributed by atoms with Gasteiger partial charge in [0.05, 0.1) is 5.56 Å². The highest BCUT2D eigenvalue weighted by Crippen LogP contribution is 2.30. The molecule has 4 nitrogen and oxygen atoms in total. The predicted molar refractivity (Wildman–Crippen MR) is 71.6 cm³/mol. The van der Waals surface area contributed by atoms with Gasteiger partial charge in [-0.25, -0.2) is 14.8 Å². The van der Waals surface area contributed by atoms with Crippen LogP contribution in [0.4, 0.5) is 0 Å². The van der Waals surface area contributed by atoms with E-state index in [-0.39, 0.29) is 5.56 Å². The molecule has 2 aromatic rings. The second-order valence-corrected chi connectivity index (χ2v) is 5.38. The van der Waals surface area contributed by atoms with Crippen molar-refractivity contribution in [1.82, 2.24) is 9.97 Å². The van der Waals surface area contributed by atoms with E-state index in [2.05, 4.69) is 16.0 Å². The number of hydrogen-bond acceptors (Lipinski definition) is 4. The summed E-state index contributed by atoms with van der Waals surface area (Å²) < 4.78 is 0. The second kappa shape index (κ2) is 5.01. The van der Waals surface area contributed by atoms with Crippen molar-refractivity contribution in [2.24, 2.45) is 0 Å². The molecule has 0 atom stereocenters. The number of nitrogens with zero attached hydrogens (tertiary/aromatic N) is 2. The van der Waals surface area contributed by atoms with E-state index in [0.29, 0.717) is 5.03 Å². The number of carboxylic acids is 1. The highest BCUT2D eigenvalue weighted by Gasteiger charge is 2.15. The number of hydrogen-bond donors (Lipinski definition) is 1. The second-order valence-electron chi connectivity index (χ2n) is 4.37. The fourth-order valence-corrected chi connectivity index (χ4v) is 3.06. The van der Waals surface area contributed by atoms with E-state index in [9.17, 15) is 4.79 Å². The van der Waals surface area contributed by atoms with Gasteiger partial charge in [0.2, 0.25) is 0 Å². The molecule has 0 aliphatic heterocycles. The Morgan fingerprint density at radius 1 is 1.26 bits per heavy atom. The highest BCUT2D eigenvalue weighted by atomic mass is 32.2. The Bertz CT molecular complexity index is 643. The Labute approximate surface area is 114 Å². The fraction of sp³-hybridized carbons (Fsp3) is 0.214. The zero-order valence-electron chi connectivity index (χ0n) is 10.2. The summed E-state index contributed by atoms with van der Waals surface area (Å²) in [5.74, 6) is -0.961. The quantitative estimate of drug-likeness (QED) is 0.930. The minimum atomic E-state index is -0.961. The van der Waals surface area contributed by atoms with Gasteiger partial charge >= 0.3 is 5.97 Å². The van der Waals surface area contributed by atoms with Crippen LogP contribution in [-0.4, -0.2) is 21.0 Å². The average Bonchev–Trinajstić information content (AvgIpc) is 2.86. The number of fused-ring (bicyclic) bond motifs is 1. The lowest BCUT2D eigenvalue weighted by Crippen LogP contribution is -2.00. The zero-order chi connectivity index (χ0) is 13.2. The van der Waals surface area contributed by atoms with Crippen molar-refractivity contribution >= 4 is 17.7 Å². The molecule has 0 saturated carbocycles. The van der Waals surface area contributed by atoms with Crippen LogP contribution < -0.4 is 0 Å². The van der Waals surface area contributed by atoms with Crippen LogP contribution in [0.3, 0.4) is 0 Å². The smallest absolute Gasteiger partial charge is 0.338 e. The minimum Gasteiger partial charge on any atom is -0.478 e. The van der Waals surface area contributed by atoms with Gasteiger partial charge in [0, 0.05) is 11.9 Å². The van der Waals surface area contributed by atoms with E-state index in [1.54, 1.807) is 18.3 Å². The van der Waals surface area contributed by atoms with Crippen molar-refractivity contribution in [3.63, 3.8) is 0 Å². The van der Waals surface area contributed by atoms with E-state index >= 15 is 0 Å². The Kier molecular flexibility index (Phi) is 3.21. The average molecular weight is 272 g/mol. The molecule has 0 bridgehead atoms. The molecule has 0 amide bonds. The van der Waals surface area contributed by atoms with Crippen molar-refractivity contribution < 1.29 is 9.90 Å². The summed E-state index contributed by atoms with van der Waals surface area (Å²) in [4.78, 5) is 19.8. The van der Waals surface area contributed by atoms with Crippen molar-refractivity contribution in [2.45, 2.75) is 29.3 Å². The van der Waals surface area contributed by atoms with Crippen LogP contribution in [0.1, 0.15) is 28.0 Å². The lowest BCUT2D eigenvalue weighted by molar-refractivity contribution is 0.0692. The maximum absolute atomic E-state index is 11.1. The molecule has 0 spiro atoms. The summed E-state index contributed by atoms with van der Waals surface area (Å²) in [6.07, 6.45) is 4.86. The van der Waals surface area contributed by atoms with E-state index in [0.717, 1.165) is 30.0 Å². The maximum atomic E-state index is 11.1. The zero-order valence-corrected chi connectivity index (χ0v) is 11.0. The first-order valence-electron chi connectivity index (χ1n) is 6.09. The lowest BCUT2D eigenvalue weighted by Gasteiger charge is -2.05. The molecule has 0 radical (unpaired) electrons. The largest absolute Gasteiger partial charge is 0.478 e. The summed E-state index contributed by atoms with van der Waals surface area (Å²) >= 11 is 1.31. The number of aromatic nitrogens is 2. The summed E-state index contributed by atoms with van der Waals surface area (Å²) in [5.41, 5.74) is 2.66. The van der Waals surface area contributed by atoms with Crippen molar-refractivity contribution in [2.75, 3.05) is 0 Å². The van der Waals surface area contributed by atoms with Gasteiger partial charge in [-0.15, -0.1) is 0 Å². The molecule has 5 heteroatoms. The third-order valence-corrected chi connectivity index (χ3v) is 4.06. The van der Waals surface area contributed by atoms with Crippen molar-refractivity contribution in [3.05, 3.63) is 47.3 Å². The number of carbonyl (C=O) groups is 1. The Morgan fingerprint density at radius 3 is 3.00 bits per heavy atom. The van der Waals surface area contributed by atoms with Crippen molar-refractivity contribution in [3.8, 4) is 0 Å². The van der Waals surface area contributed by atoms with Gasteiger partial charge < -0.3 is 5.11 Å². The molecule has 2 heterocycles. The lowest BCUT2D eigenvalue weighted by atomic mass is 10.2. The van der Waals surface area contributed by atoms with Crippen LogP contribution in [0.2, 0.25) is 0 Å². The maximum Gasteiger partial charge on any atom is 0.338 e. The van der Waals surface area contributed by atoms with Crippen LogP contribution in [0.15, 0.2) is 40.5 Å². The number of rotatable bonds is 3. The molecular formula is C14H12N2O2S. The molecule has 1 aliphatic rings. The Morgan fingerprint density at radius 2 is 2.16 bits per heavy atom. The van der Waals surface area contributed by atoms with Crippen LogP contribution in [-0.2, 0) is 12.8 Å². The Hall–Kier alpha value is -1.88. The van der Waals surface area contributed by atoms with Gasteiger partial charge in [-0.1, -0.05) is 6.07 Å². The number of carboxylic acid groups (broad SMARTS) is 1. The molecule has 2 aromatic heterocycles. The molecule has 0 fully saturated rings. The Balaban J connectivity index is 1.91. The number of aromatic carboxylic acids is 1. The SMILES string of the molecule is O=C(O)c1cccnc1Sc1ccc2c(n1)CCC2. The molecule has 1 N–H and O–H groups in total. The highest BCUT2D eigenvalue weighted by molar-refractivity contribution is 7.99. The third-order valence-electron chi connectivity index (χ3n) is 3.11. The van der Waals surface area contributed by atoms with E-state index in [1.165, 1.54) is 17.3 Å². The minimum absolute atomic E-state index is 0.217. The van der Waals surface area contributed by atoms with Gasteiger partial charge in [0.1, 0.15) is 10.1 Å². The summed E-state index contributed by atoms with van der Waals surface area (Å²) in [5, 5.41) is 10.4. The first kappa shape index (κ1) is 12.2. The fourth-order valence-electron chi connectivity index (χ4n) is 2.19. The summed E-state index contributed by atoms with van der Waals surface area (Å²) in [7, 11) is 0. The first-order valence-corrected chi connectivity index (χ1v) is 6.90. The van der Waals surface area contributed by atoms with E-state index < -0.39 is 5.97 Å². The van der Waals surface area contributed by atoms with Gasteiger partial charge in [-0.2, -0.15) is 0 Å². The van der Waals surface area contributed by atoms with Crippen LogP contribution in [0.25, 0.3) is 0 Å². The standard InChI is InChI=1S/C14H12N2O2S/c17-14(18)10-4-2-8-15-13(10)19-12-7-6-9-3-1-5-11(9)16-12/h2,4,6-8H,1,3,5H2,(H,17,18). The number of aryl methyl sites for hydroxylation is 2. The molecule has 96 valence electrons. The van der Waals surface area contributed by atoms with Crippen LogP contribution in [0, 0.1) is 0 Å². The molecular weight excluding hydrogens is 260 g/mol. The normalized spacial score (nSPS) is 13.3. The molecule has 0 unspecified atom stereocenters. The van der Waals surface area contributed by atoms with Crippen molar-refractivity contribution in [1.29, 1.82) is 0 Å². The van der Waals surface area contributed by atoms with Gasteiger partial charge in [0.15, 0.2) is 0 Å². The monoisotopic (exact) mass is 272 g/mol. The molecule has 19 heavy (non-hydrogen) atoms. The van der Waals surface area contributed by atoms with Gasteiger partial charge in [-0.3, -0.25) is 0 Å². The summed E-state index contributed by atoms with van der Waals surface area (Å²) in [6.45, 7) is 0. The van der Waals surface area contributed by atoms with Crippen LogP contribution >= 0.6 is 11.8 Å². The molecule has 3 rings (SSSR count). The number of pyridine rings is 2. The molecule has 0 aromatic carbocycles. The van der Waals surface area contributed by atoms with Crippen LogP contribution in [0.5, 0.6) is 0 Å². The molecule has 1 aliphatic carbocycles. The third kappa shape index (κ3) is 2.46. The predicted octanol–water partition coefficient (Wildman–Crippen LogP) is 2.81. The summed E-state index contributed by atoms with van der Waals surface area (Å²) in [6, 6.07) is 7.21. The van der Waals surface area contributed by atoms with E-state index in [1.807, 2.05) is 6.07 Å². The topological polar surface area (TPSA) is 63.1 Å².